The molecule has 2 saturated heterocycles. The van der Waals surface area contributed by atoms with Crippen molar-refractivity contribution in [2.45, 2.75) is 31.8 Å². The molecule has 0 radical (unpaired) electrons. The Morgan fingerprint density at radius 3 is 2.46 bits per heavy atom. The van der Waals surface area contributed by atoms with Crippen molar-refractivity contribution in [1.29, 1.82) is 0 Å². The lowest BCUT2D eigenvalue weighted by Gasteiger charge is -2.32. The van der Waals surface area contributed by atoms with E-state index in [4.69, 9.17) is 28.2 Å². The first-order chi connectivity index (χ1) is 18.7. The van der Waals surface area contributed by atoms with E-state index in [1.807, 2.05) is 36.4 Å². The van der Waals surface area contributed by atoms with Crippen molar-refractivity contribution in [2.24, 2.45) is 17.8 Å². The van der Waals surface area contributed by atoms with Gasteiger partial charge in [-0.1, -0.05) is 67.4 Å². The lowest BCUT2D eigenvalue weighted by Crippen LogP contribution is -2.50. The summed E-state index contributed by atoms with van der Waals surface area (Å²) in [6, 6.07) is 19.2. The summed E-state index contributed by atoms with van der Waals surface area (Å²) >= 11 is 12.6. The summed E-state index contributed by atoms with van der Waals surface area (Å²) in [4.78, 5) is 48.7. The smallest absolute Gasteiger partial charge is 0.266 e. The molecule has 4 heterocycles. The average Bonchev–Trinajstić information content (AvgIpc) is 3.47. The van der Waals surface area contributed by atoms with Crippen molar-refractivity contribution in [3.05, 3.63) is 98.5 Å². The van der Waals surface area contributed by atoms with Crippen LogP contribution in [-0.4, -0.2) is 27.4 Å². The van der Waals surface area contributed by atoms with Crippen LogP contribution in [-0.2, 0) is 15.1 Å². The zero-order chi connectivity index (χ0) is 27.2. The molecule has 3 aliphatic heterocycles. The van der Waals surface area contributed by atoms with Gasteiger partial charge in [0, 0.05) is 16.6 Å². The maximum atomic E-state index is 14.5. The monoisotopic (exact) mass is 558 g/mol. The molecule has 9 heteroatoms. The van der Waals surface area contributed by atoms with Crippen LogP contribution in [0.3, 0.4) is 0 Å². The van der Waals surface area contributed by atoms with Crippen LogP contribution in [0.4, 0.5) is 5.69 Å². The first kappa shape index (κ1) is 24.5. The van der Waals surface area contributed by atoms with Crippen LogP contribution in [0.1, 0.15) is 31.7 Å². The molecule has 0 bridgehead atoms. The number of hydrogen-bond donors (Lipinski definition) is 1. The molecule has 2 unspecified atom stereocenters. The van der Waals surface area contributed by atoms with Crippen molar-refractivity contribution in [2.75, 3.05) is 4.90 Å². The van der Waals surface area contributed by atoms with Crippen LogP contribution in [0.15, 0.2) is 71.5 Å². The number of anilines is 1. The van der Waals surface area contributed by atoms with Crippen LogP contribution in [0.5, 0.6) is 0 Å². The predicted octanol–water partition coefficient (Wildman–Crippen LogP) is 5.07. The van der Waals surface area contributed by atoms with Crippen LogP contribution in [0.2, 0.25) is 10.0 Å². The Hall–Kier alpha value is -3.52. The number of imide groups is 1. The van der Waals surface area contributed by atoms with E-state index in [9.17, 15) is 14.4 Å². The molecule has 7 nitrogen and oxygen atoms in total. The highest BCUT2D eigenvalue weighted by Gasteiger charge is 2.69. The summed E-state index contributed by atoms with van der Waals surface area (Å²) in [6.45, 7) is 4.17. The van der Waals surface area contributed by atoms with Gasteiger partial charge in [0.25, 0.3) is 5.56 Å². The number of para-hydroxylation sites is 2. The number of aromatic nitrogens is 2. The van der Waals surface area contributed by atoms with Crippen LogP contribution in [0.25, 0.3) is 16.6 Å². The molecule has 2 fully saturated rings. The normalized spacial score (nSPS) is 25.2. The summed E-state index contributed by atoms with van der Waals surface area (Å²) in [5, 5.41) is 4.84. The molecule has 4 atom stereocenters. The molecule has 1 aromatic heterocycles. The predicted molar refractivity (Wildman–Crippen MR) is 150 cm³/mol. The first-order valence-corrected chi connectivity index (χ1v) is 13.7. The third-order valence-corrected chi connectivity index (χ3v) is 8.78. The van der Waals surface area contributed by atoms with Crippen LogP contribution in [0, 0.1) is 17.8 Å². The molecule has 3 aliphatic rings. The standard InChI is InChI=1S/C30H24Cl2N4O3/c1-15(2)13-21-24-25(28(39)35(27(24)38)23-12-11-16(31)14-19(23)32)30(34-21)18-8-4-6-10-22(18)36-26(37)17-7-3-5-9-20(17)33-29(30)36/h3-12,14-15,21,24-25,34H,13H2,1-2H3/t21?,24-,25+,30?/m0/s1. The number of fused-ring (bicyclic) bond motifs is 8. The van der Waals surface area contributed by atoms with Gasteiger partial charge in [-0.25, -0.2) is 9.88 Å². The minimum absolute atomic E-state index is 0.208. The Labute approximate surface area is 234 Å². The lowest BCUT2D eigenvalue weighted by atomic mass is 9.75. The second kappa shape index (κ2) is 8.49. The summed E-state index contributed by atoms with van der Waals surface area (Å²) in [6.07, 6.45) is 0.657. The fourth-order valence-electron chi connectivity index (χ4n) is 6.83. The van der Waals surface area contributed by atoms with E-state index < -0.39 is 17.4 Å². The van der Waals surface area contributed by atoms with E-state index in [1.165, 1.54) is 11.0 Å². The van der Waals surface area contributed by atoms with Gasteiger partial charge in [0.1, 0.15) is 11.4 Å². The van der Waals surface area contributed by atoms with Gasteiger partial charge in [-0.3, -0.25) is 24.3 Å². The van der Waals surface area contributed by atoms with Gasteiger partial charge in [-0.05, 0) is 48.7 Å². The number of rotatable bonds is 3. The molecule has 1 N–H and O–H groups in total. The van der Waals surface area contributed by atoms with Gasteiger partial charge >= 0.3 is 0 Å². The minimum atomic E-state index is -1.18. The molecule has 7 rings (SSSR count). The van der Waals surface area contributed by atoms with E-state index in [0.29, 0.717) is 39.5 Å². The Bertz CT molecular complexity index is 1780. The fourth-order valence-corrected chi connectivity index (χ4v) is 7.32. The molecule has 0 saturated carbocycles. The van der Waals surface area contributed by atoms with Crippen molar-refractivity contribution in [1.82, 2.24) is 14.9 Å². The van der Waals surface area contributed by atoms with E-state index in [-0.39, 0.29) is 34.4 Å². The van der Waals surface area contributed by atoms with Gasteiger partial charge in [0.05, 0.1) is 39.1 Å². The third-order valence-electron chi connectivity index (χ3n) is 8.24. The van der Waals surface area contributed by atoms with Gasteiger partial charge < -0.3 is 0 Å². The number of amides is 2. The Kier molecular flexibility index (Phi) is 5.34. The number of carbonyl (C=O) groups is 2. The van der Waals surface area contributed by atoms with E-state index in [0.717, 1.165) is 5.56 Å². The minimum Gasteiger partial charge on any atom is -0.297 e. The van der Waals surface area contributed by atoms with Crippen LogP contribution < -0.4 is 15.8 Å². The average molecular weight is 559 g/mol. The van der Waals surface area contributed by atoms with Crippen molar-refractivity contribution in [3.8, 4) is 5.69 Å². The summed E-state index contributed by atoms with van der Waals surface area (Å²) in [5.74, 6) is -1.52. The van der Waals surface area contributed by atoms with Gasteiger partial charge in [-0.15, -0.1) is 0 Å². The van der Waals surface area contributed by atoms with Gasteiger partial charge in [0.15, 0.2) is 0 Å². The highest BCUT2D eigenvalue weighted by Crippen LogP contribution is 2.56. The van der Waals surface area contributed by atoms with E-state index >= 15 is 0 Å². The summed E-state index contributed by atoms with van der Waals surface area (Å²) in [5.41, 5.74) is 0.886. The fraction of sp³-hybridized carbons (Fsp3) is 0.267. The lowest BCUT2D eigenvalue weighted by molar-refractivity contribution is -0.123. The molecule has 1 spiro atoms. The SMILES string of the molecule is CC(C)CC1NC2(c3ccccc3-n3c2nc2ccccc2c3=O)[C@H]2C(=O)N(c3ccc(Cl)cc3Cl)C(=O)[C@@H]12. The van der Waals surface area contributed by atoms with Crippen molar-refractivity contribution < 1.29 is 9.59 Å². The molecular weight excluding hydrogens is 535 g/mol. The quantitative estimate of drug-likeness (QED) is 0.355. The zero-order valence-corrected chi connectivity index (χ0v) is 22.7. The molecule has 3 aromatic carbocycles. The Balaban J connectivity index is 1.52. The molecule has 4 aromatic rings. The number of carbonyl (C=O) groups excluding carboxylic acids is 2. The Morgan fingerprint density at radius 2 is 1.69 bits per heavy atom. The highest BCUT2D eigenvalue weighted by molar-refractivity contribution is 6.38. The van der Waals surface area contributed by atoms with Crippen LogP contribution >= 0.6 is 23.2 Å². The first-order valence-electron chi connectivity index (χ1n) is 13.0. The number of halogens is 2. The maximum Gasteiger partial charge on any atom is 0.266 e. The maximum absolute atomic E-state index is 14.5. The van der Waals surface area contributed by atoms with Crippen molar-refractivity contribution >= 4 is 51.6 Å². The molecular formula is C30H24Cl2N4O3. The second-order valence-corrected chi connectivity index (χ2v) is 11.8. The zero-order valence-electron chi connectivity index (χ0n) is 21.2. The largest absolute Gasteiger partial charge is 0.297 e. The molecule has 2 amide bonds. The van der Waals surface area contributed by atoms with E-state index in [2.05, 4.69) is 19.2 Å². The molecule has 0 aliphatic carbocycles. The number of nitrogens with one attached hydrogen (secondary N) is 1. The second-order valence-electron chi connectivity index (χ2n) is 10.9. The summed E-state index contributed by atoms with van der Waals surface area (Å²) in [7, 11) is 0. The van der Waals surface area contributed by atoms with E-state index in [1.54, 1.807) is 28.8 Å². The van der Waals surface area contributed by atoms with Gasteiger partial charge in [0.2, 0.25) is 11.8 Å². The van der Waals surface area contributed by atoms with Crippen molar-refractivity contribution in [3.63, 3.8) is 0 Å². The molecule has 196 valence electrons. The summed E-state index contributed by atoms with van der Waals surface area (Å²) < 4.78 is 1.61. The number of hydrogen-bond acceptors (Lipinski definition) is 5. The number of nitrogens with zero attached hydrogens (tertiary/aromatic N) is 3. The number of benzene rings is 3. The Morgan fingerprint density at radius 1 is 0.949 bits per heavy atom. The van der Waals surface area contributed by atoms with Gasteiger partial charge in [-0.2, -0.15) is 0 Å². The topological polar surface area (TPSA) is 84.3 Å². The highest BCUT2D eigenvalue weighted by atomic mass is 35.5. The third kappa shape index (κ3) is 3.21. The molecule has 39 heavy (non-hydrogen) atoms.